The molecule has 1 rings (SSSR count). The molecule has 14 heavy (non-hydrogen) atoms. The summed E-state index contributed by atoms with van der Waals surface area (Å²) < 4.78 is 0. The molecule has 0 aromatic heterocycles. The first-order chi connectivity index (χ1) is 6.57. The second kappa shape index (κ2) is 4.82. The first-order valence-corrected chi connectivity index (χ1v) is 5.43. The van der Waals surface area contributed by atoms with Crippen LogP contribution in [0.2, 0.25) is 0 Å². The van der Waals surface area contributed by atoms with Crippen molar-refractivity contribution in [1.82, 2.24) is 4.90 Å². The van der Waals surface area contributed by atoms with Crippen LogP contribution < -0.4 is 5.73 Å². The molecule has 0 saturated heterocycles. The fourth-order valence-corrected chi connectivity index (χ4v) is 1.65. The van der Waals surface area contributed by atoms with E-state index in [2.05, 4.69) is 24.7 Å². The van der Waals surface area contributed by atoms with Gasteiger partial charge >= 0.3 is 0 Å². The first kappa shape index (κ1) is 11.6. The summed E-state index contributed by atoms with van der Waals surface area (Å²) in [6.07, 6.45) is 8.12. The van der Waals surface area contributed by atoms with Crippen LogP contribution in [0.5, 0.6) is 0 Å². The third kappa shape index (κ3) is 4.13. The van der Waals surface area contributed by atoms with E-state index in [1.807, 2.05) is 0 Å². The minimum atomic E-state index is 0.186. The Morgan fingerprint density at radius 3 is 2.57 bits per heavy atom. The quantitative estimate of drug-likeness (QED) is 0.646. The molecule has 1 saturated carbocycles. The second-order valence-corrected chi connectivity index (χ2v) is 5.19. The summed E-state index contributed by atoms with van der Waals surface area (Å²) in [4.78, 5) is 2.37. The highest BCUT2D eigenvalue weighted by Crippen LogP contribution is 2.30. The molecule has 1 aliphatic rings. The van der Waals surface area contributed by atoms with Gasteiger partial charge in [0.2, 0.25) is 0 Å². The predicted molar refractivity (Wildman–Crippen MR) is 60.8 cm³/mol. The van der Waals surface area contributed by atoms with Gasteiger partial charge in [0.25, 0.3) is 0 Å². The topological polar surface area (TPSA) is 29.3 Å². The normalized spacial score (nSPS) is 17.1. The molecule has 2 heteroatoms. The highest BCUT2D eigenvalue weighted by Gasteiger charge is 2.27. The van der Waals surface area contributed by atoms with Gasteiger partial charge in [0.15, 0.2) is 0 Å². The monoisotopic (exact) mass is 194 g/mol. The number of hydrogen-bond donors (Lipinski definition) is 1. The van der Waals surface area contributed by atoms with Crippen molar-refractivity contribution >= 4 is 0 Å². The van der Waals surface area contributed by atoms with Gasteiger partial charge in [0.1, 0.15) is 0 Å². The largest absolute Gasteiger partial charge is 0.330 e. The molecule has 1 aliphatic carbocycles. The van der Waals surface area contributed by atoms with Crippen LogP contribution in [0.4, 0.5) is 0 Å². The van der Waals surface area contributed by atoms with Crippen LogP contribution in [0.25, 0.3) is 0 Å². The zero-order valence-electron chi connectivity index (χ0n) is 9.42. The molecule has 2 nitrogen and oxygen atoms in total. The molecule has 0 unspecified atom stereocenters. The molecule has 1 fully saturated rings. The van der Waals surface area contributed by atoms with Crippen molar-refractivity contribution in [2.24, 2.45) is 17.1 Å². The van der Waals surface area contributed by atoms with Gasteiger partial charge in [-0.05, 0) is 30.7 Å². The zero-order valence-corrected chi connectivity index (χ0v) is 9.42. The number of hydrogen-bond acceptors (Lipinski definition) is 2. The van der Waals surface area contributed by atoms with Crippen LogP contribution in [-0.4, -0.2) is 31.1 Å². The van der Waals surface area contributed by atoms with Crippen LogP contribution in [0, 0.1) is 23.7 Å². The van der Waals surface area contributed by atoms with Crippen LogP contribution in [0.3, 0.4) is 0 Å². The number of nitrogens with zero attached hydrogens (tertiary/aromatic N) is 1. The van der Waals surface area contributed by atoms with Crippen LogP contribution >= 0.6 is 0 Å². The van der Waals surface area contributed by atoms with Crippen molar-refractivity contribution in [3.63, 3.8) is 0 Å². The third-order valence-electron chi connectivity index (χ3n) is 2.73. The highest BCUT2D eigenvalue weighted by atomic mass is 15.1. The van der Waals surface area contributed by atoms with Gasteiger partial charge in [-0.15, -0.1) is 6.42 Å². The van der Waals surface area contributed by atoms with Gasteiger partial charge in [-0.25, -0.2) is 0 Å². The maximum atomic E-state index is 5.72. The van der Waals surface area contributed by atoms with Gasteiger partial charge in [-0.3, -0.25) is 4.90 Å². The van der Waals surface area contributed by atoms with Gasteiger partial charge in [0.05, 0.1) is 6.54 Å². The molecule has 0 heterocycles. The van der Waals surface area contributed by atoms with E-state index in [1.54, 1.807) is 0 Å². The van der Waals surface area contributed by atoms with Crippen molar-refractivity contribution in [2.45, 2.75) is 26.7 Å². The molecule has 0 aliphatic heterocycles. The summed E-state index contributed by atoms with van der Waals surface area (Å²) in [5.74, 6) is 3.63. The summed E-state index contributed by atoms with van der Waals surface area (Å²) in [5, 5.41) is 0. The average molecular weight is 194 g/mol. The Balaban J connectivity index is 2.37. The second-order valence-electron chi connectivity index (χ2n) is 5.19. The van der Waals surface area contributed by atoms with E-state index in [4.69, 9.17) is 12.2 Å². The Hall–Kier alpha value is -0.520. The fourth-order valence-electron chi connectivity index (χ4n) is 1.65. The van der Waals surface area contributed by atoms with Crippen LogP contribution in [-0.2, 0) is 0 Å². The van der Waals surface area contributed by atoms with E-state index in [9.17, 15) is 0 Å². The lowest BCUT2D eigenvalue weighted by Gasteiger charge is -2.30. The Bertz CT molecular complexity index is 211. The first-order valence-electron chi connectivity index (χ1n) is 5.43. The predicted octanol–water partition coefficient (Wildman–Crippen LogP) is 1.32. The Labute approximate surface area is 87.8 Å². The van der Waals surface area contributed by atoms with E-state index in [0.29, 0.717) is 0 Å². The van der Waals surface area contributed by atoms with Gasteiger partial charge in [-0.1, -0.05) is 19.8 Å². The van der Waals surface area contributed by atoms with Gasteiger partial charge < -0.3 is 5.73 Å². The molecule has 0 spiro atoms. The summed E-state index contributed by atoms with van der Waals surface area (Å²) in [6, 6.07) is 0. The molecule has 0 amide bonds. The molecule has 2 N–H and O–H groups in total. The number of terminal acetylenes is 1. The van der Waals surface area contributed by atoms with Crippen molar-refractivity contribution < 1.29 is 0 Å². The summed E-state index contributed by atoms with van der Waals surface area (Å²) in [6.45, 7) is 8.06. The molecule has 0 radical (unpaired) electrons. The molecule has 0 atom stereocenters. The third-order valence-corrected chi connectivity index (χ3v) is 2.73. The molecule has 80 valence electrons. The van der Waals surface area contributed by atoms with Crippen molar-refractivity contribution in [3.05, 3.63) is 0 Å². The summed E-state index contributed by atoms with van der Waals surface area (Å²) in [5.41, 5.74) is 5.91. The molecular formula is C12H22N2. The molecule has 0 aromatic rings. The van der Waals surface area contributed by atoms with Crippen molar-refractivity contribution in [3.8, 4) is 12.3 Å². The van der Waals surface area contributed by atoms with Crippen molar-refractivity contribution in [1.29, 1.82) is 0 Å². The molecule has 0 aromatic carbocycles. The lowest BCUT2D eigenvalue weighted by molar-refractivity contribution is 0.194. The maximum Gasteiger partial charge on any atom is 0.0599 e. The van der Waals surface area contributed by atoms with Gasteiger partial charge in [0, 0.05) is 13.1 Å². The average Bonchev–Trinajstić information content (AvgIpc) is 2.88. The number of nitrogens with two attached hydrogens (primary N) is 1. The smallest absolute Gasteiger partial charge is 0.0599 e. The summed E-state index contributed by atoms with van der Waals surface area (Å²) in [7, 11) is 0. The van der Waals surface area contributed by atoms with Crippen molar-refractivity contribution in [2.75, 3.05) is 26.2 Å². The van der Waals surface area contributed by atoms with E-state index >= 15 is 0 Å². The lowest BCUT2D eigenvalue weighted by atomic mass is 9.93. The fraction of sp³-hybridized carbons (Fsp3) is 0.833. The summed E-state index contributed by atoms with van der Waals surface area (Å²) >= 11 is 0. The lowest BCUT2D eigenvalue weighted by Crippen LogP contribution is -2.39. The van der Waals surface area contributed by atoms with E-state index < -0.39 is 0 Å². The maximum absolute atomic E-state index is 5.72. The van der Waals surface area contributed by atoms with E-state index in [0.717, 1.165) is 32.1 Å². The van der Waals surface area contributed by atoms with E-state index in [-0.39, 0.29) is 5.41 Å². The molecule has 0 bridgehead atoms. The Kier molecular flexibility index (Phi) is 3.97. The molecular weight excluding hydrogens is 172 g/mol. The zero-order chi connectivity index (χ0) is 10.6. The standard InChI is InChI=1S/C12H22N2/c1-4-7-14(8-11-5-6-11)10-12(2,3)9-13/h1,11H,5-10,13H2,2-3H3. The van der Waals surface area contributed by atoms with Gasteiger partial charge in [-0.2, -0.15) is 0 Å². The Morgan fingerprint density at radius 1 is 1.50 bits per heavy atom. The van der Waals surface area contributed by atoms with Crippen LogP contribution in [0.15, 0.2) is 0 Å². The number of rotatable bonds is 6. The SMILES string of the molecule is C#CCN(CC1CC1)CC(C)(C)CN. The minimum Gasteiger partial charge on any atom is -0.330 e. The van der Waals surface area contributed by atoms with E-state index in [1.165, 1.54) is 12.8 Å². The van der Waals surface area contributed by atoms with Crippen LogP contribution in [0.1, 0.15) is 26.7 Å². The highest BCUT2D eigenvalue weighted by molar-refractivity contribution is 4.91. The Morgan fingerprint density at radius 2 is 2.14 bits per heavy atom. The minimum absolute atomic E-state index is 0.186.